The van der Waals surface area contributed by atoms with Crippen molar-refractivity contribution in [2.75, 3.05) is 20.2 Å². The number of likely N-dealkylation sites (tertiary alicyclic amines) is 1. The molecule has 0 amide bonds. The third kappa shape index (κ3) is 3.51. The molecule has 31 heavy (non-hydrogen) atoms. The molecule has 0 unspecified atom stereocenters. The summed E-state index contributed by atoms with van der Waals surface area (Å²) in [7, 11) is 1.51. The van der Waals surface area contributed by atoms with E-state index in [1.807, 2.05) is 22.6 Å². The third-order valence-electron chi connectivity index (χ3n) is 6.16. The number of methoxy groups -OCH3 is 1. The maximum atomic E-state index is 13.8. The van der Waals surface area contributed by atoms with Crippen molar-refractivity contribution in [3.63, 3.8) is 0 Å². The number of benzene rings is 1. The Kier molecular flexibility index (Phi) is 4.64. The zero-order chi connectivity index (χ0) is 21.8. The number of nitrogens with two attached hydrogens (primary N) is 1. The van der Waals surface area contributed by atoms with Gasteiger partial charge in [-0.1, -0.05) is 12.1 Å². The van der Waals surface area contributed by atoms with E-state index in [4.69, 9.17) is 15.5 Å². The van der Waals surface area contributed by atoms with Gasteiger partial charge in [0.25, 0.3) is 0 Å². The lowest BCUT2D eigenvalue weighted by Crippen LogP contribution is -2.39. The number of pyridine rings is 2. The highest BCUT2D eigenvalue weighted by Gasteiger charge is 2.32. The number of nitrogens with zero attached hydrogens (tertiary/aromatic N) is 5. The maximum Gasteiger partial charge on any atom is 0.187 e. The number of fused-ring (bicyclic) bond motifs is 2. The summed E-state index contributed by atoms with van der Waals surface area (Å²) in [5, 5.41) is 9.34. The molecule has 0 spiro atoms. The summed E-state index contributed by atoms with van der Waals surface area (Å²) in [4.78, 5) is 7.11. The van der Waals surface area contributed by atoms with Gasteiger partial charge in [0.1, 0.15) is 22.8 Å². The molecule has 0 radical (unpaired) electrons. The molecule has 2 N–H and O–H groups in total. The molecule has 0 aliphatic carbocycles. The number of halogens is 1. The van der Waals surface area contributed by atoms with Crippen molar-refractivity contribution in [3.8, 4) is 17.3 Å². The van der Waals surface area contributed by atoms with Gasteiger partial charge in [0.15, 0.2) is 11.5 Å². The van der Waals surface area contributed by atoms with Gasteiger partial charge in [-0.25, -0.2) is 9.37 Å². The quantitative estimate of drug-likeness (QED) is 0.544. The molecule has 8 heteroatoms. The van der Waals surface area contributed by atoms with Crippen molar-refractivity contribution in [2.24, 2.45) is 5.73 Å². The van der Waals surface area contributed by atoms with Crippen LogP contribution in [0.2, 0.25) is 0 Å². The van der Waals surface area contributed by atoms with E-state index in [-0.39, 0.29) is 17.4 Å². The molecule has 7 nitrogen and oxygen atoms in total. The van der Waals surface area contributed by atoms with Gasteiger partial charge in [-0.3, -0.25) is 9.30 Å². The monoisotopic (exact) mass is 420 g/mol. The first kappa shape index (κ1) is 19.8. The van der Waals surface area contributed by atoms with E-state index < -0.39 is 0 Å². The van der Waals surface area contributed by atoms with Crippen LogP contribution in [-0.4, -0.2) is 50.2 Å². The van der Waals surface area contributed by atoms with Crippen LogP contribution in [0.5, 0.6) is 5.75 Å². The molecule has 160 valence electrons. The molecule has 1 fully saturated rings. The average molecular weight is 420 g/mol. The zero-order valence-corrected chi connectivity index (χ0v) is 17.8. The van der Waals surface area contributed by atoms with Gasteiger partial charge in [0.2, 0.25) is 0 Å². The molecule has 4 aromatic rings. The molecule has 1 aliphatic heterocycles. The number of hydrogen-bond donors (Lipinski definition) is 1. The van der Waals surface area contributed by atoms with Gasteiger partial charge in [-0.2, -0.15) is 0 Å². The van der Waals surface area contributed by atoms with Crippen LogP contribution in [0.3, 0.4) is 0 Å². The summed E-state index contributed by atoms with van der Waals surface area (Å²) >= 11 is 0. The zero-order valence-electron chi connectivity index (χ0n) is 17.8. The number of aromatic nitrogens is 4. The van der Waals surface area contributed by atoms with Crippen molar-refractivity contribution < 1.29 is 9.13 Å². The van der Waals surface area contributed by atoms with Gasteiger partial charge in [0.05, 0.1) is 7.11 Å². The van der Waals surface area contributed by atoms with Gasteiger partial charge >= 0.3 is 0 Å². The summed E-state index contributed by atoms with van der Waals surface area (Å²) in [5.41, 5.74) is 9.31. The van der Waals surface area contributed by atoms with Crippen LogP contribution in [-0.2, 0) is 0 Å². The van der Waals surface area contributed by atoms with Crippen molar-refractivity contribution >= 4 is 16.6 Å². The summed E-state index contributed by atoms with van der Waals surface area (Å²) < 4.78 is 21.1. The fraction of sp³-hybridized carbons (Fsp3) is 0.348. The number of rotatable bonds is 4. The third-order valence-corrected chi connectivity index (χ3v) is 6.16. The number of ether oxygens (including phenoxy) is 1. The lowest BCUT2D eigenvalue weighted by molar-refractivity contribution is 0.248. The van der Waals surface area contributed by atoms with E-state index in [1.54, 1.807) is 0 Å². The van der Waals surface area contributed by atoms with Crippen molar-refractivity contribution in [2.45, 2.75) is 31.8 Å². The van der Waals surface area contributed by atoms with Crippen molar-refractivity contribution in [3.05, 3.63) is 54.0 Å². The van der Waals surface area contributed by atoms with Crippen LogP contribution in [0, 0.1) is 5.82 Å². The Morgan fingerprint density at radius 1 is 1.19 bits per heavy atom. The van der Waals surface area contributed by atoms with Crippen LogP contribution >= 0.6 is 0 Å². The lowest BCUT2D eigenvalue weighted by atomic mass is 10.0. The minimum Gasteiger partial charge on any atom is -0.494 e. The Bertz CT molecular complexity index is 1280. The predicted molar refractivity (Wildman–Crippen MR) is 117 cm³/mol. The normalized spacial score (nSPS) is 20.5. The van der Waals surface area contributed by atoms with Gasteiger partial charge in [-0.05, 0) is 44.0 Å². The molecule has 1 aliphatic rings. The smallest absolute Gasteiger partial charge is 0.187 e. The standard InChI is InChI=1S/C23H25FN6O/c1-14(29-9-8-23(2,25)13-29)16-5-7-20-27-28-22(30(20)12-16)18-6-4-15-10-17(24)11-19(31-3)21(15)26-18/h4-7,10-12,14H,8-9,13,25H2,1-3H3/t14-,23+/m1/s1. The second-order valence-electron chi connectivity index (χ2n) is 8.64. The van der Waals surface area contributed by atoms with Crippen LogP contribution < -0.4 is 10.5 Å². The van der Waals surface area contributed by atoms with Crippen LogP contribution in [0.15, 0.2) is 42.6 Å². The van der Waals surface area contributed by atoms with E-state index >= 15 is 0 Å². The van der Waals surface area contributed by atoms with E-state index in [9.17, 15) is 4.39 Å². The molecule has 1 aromatic carbocycles. The second kappa shape index (κ2) is 7.25. The summed E-state index contributed by atoms with van der Waals surface area (Å²) in [6, 6.07) is 10.7. The topological polar surface area (TPSA) is 81.6 Å². The van der Waals surface area contributed by atoms with Gasteiger partial charge in [-0.15, -0.1) is 10.2 Å². The van der Waals surface area contributed by atoms with Crippen LogP contribution in [0.1, 0.15) is 31.9 Å². The highest BCUT2D eigenvalue weighted by atomic mass is 19.1. The second-order valence-corrected chi connectivity index (χ2v) is 8.64. The first-order valence-corrected chi connectivity index (χ1v) is 10.4. The Hall–Kier alpha value is -3.10. The Morgan fingerprint density at radius 3 is 2.77 bits per heavy atom. The Labute approximate surface area is 179 Å². The summed E-state index contributed by atoms with van der Waals surface area (Å²) in [5.74, 6) is 0.655. The van der Waals surface area contributed by atoms with Gasteiger partial charge < -0.3 is 10.5 Å². The van der Waals surface area contributed by atoms with Crippen LogP contribution in [0.4, 0.5) is 4.39 Å². The molecule has 5 rings (SSSR count). The predicted octanol–water partition coefficient (Wildman–Crippen LogP) is 3.58. The van der Waals surface area contributed by atoms with Crippen molar-refractivity contribution in [1.82, 2.24) is 24.5 Å². The first-order valence-electron chi connectivity index (χ1n) is 10.4. The Balaban J connectivity index is 1.56. The minimum atomic E-state index is -0.360. The fourth-order valence-corrected chi connectivity index (χ4v) is 4.34. The molecule has 0 bridgehead atoms. The van der Waals surface area contributed by atoms with E-state index in [1.165, 1.54) is 19.2 Å². The molecular weight excluding hydrogens is 395 g/mol. The largest absolute Gasteiger partial charge is 0.494 e. The SMILES string of the molecule is COc1cc(F)cc2ccc(-c3nnc4ccc([C@@H](C)N5CC[C@](C)(N)C5)cn34)nc12. The molecule has 0 saturated carbocycles. The highest BCUT2D eigenvalue weighted by molar-refractivity contribution is 5.86. The number of hydrogen-bond acceptors (Lipinski definition) is 6. The maximum absolute atomic E-state index is 13.8. The van der Waals surface area contributed by atoms with E-state index in [0.29, 0.717) is 28.2 Å². The molecular formula is C23H25FN6O. The molecule has 2 atom stereocenters. The van der Waals surface area contributed by atoms with Crippen LogP contribution in [0.25, 0.3) is 28.1 Å². The molecule has 4 heterocycles. The Morgan fingerprint density at radius 2 is 2.03 bits per heavy atom. The van der Waals surface area contributed by atoms with Gasteiger partial charge in [0, 0.05) is 42.3 Å². The van der Waals surface area contributed by atoms with E-state index in [0.717, 1.165) is 30.7 Å². The highest BCUT2D eigenvalue weighted by Crippen LogP contribution is 2.31. The molecule has 1 saturated heterocycles. The average Bonchev–Trinajstić information content (AvgIpc) is 3.34. The fourth-order valence-electron chi connectivity index (χ4n) is 4.34. The summed E-state index contributed by atoms with van der Waals surface area (Å²) in [6.45, 7) is 6.14. The lowest BCUT2D eigenvalue weighted by Gasteiger charge is -2.26. The van der Waals surface area contributed by atoms with E-state index in [2.05, 4.69) is 41.2 Å². The minimum absolute atomic E-state index is 0.145. The molecule has 3 aromatic heterocycles. The van der Waals surface area contributed by atoms with Crippen molar-refractivity contribution in [1.29, 1.82) is 0 Å². The summed E-state index contributed by atoms with van der Waals surface area (Å²) in [6.07, 6.45) is 3.05. The first-order chi connectivity index (χ1) is 14.8.